The highest BCUT2D eigenvalue weighted by Gasteiger charge is 2.33. The minimum Gasteiger partial charge on any atom is -0.321 e. The molecule has 1 aromatic heterocycles. The number of thiophene rings is 1. The molecule has 0 spiro atoms. The Balaban J connectivity index is 1.84. The molecule has 0 aliphatic carbocycles. The Kier molecular flexibility index (Phi) is 5.06. The normalized spacial score (nSPS) is 19.1. The maximum Gasteiger partial charge on any atom is 0.249 e. The van der Waals surface area contributed by atoms with Crippen LogP contribution in [0, 0.1) is 0 Å². The molecule has 108 valence electrons. The van der Waals surface area contributed by atoms with Gasteiger partial charge in [0.05, 0.1) is 10.1 Å². The van der Waals surface area contributed by atoms with Gasteiger partial charge < -0.3 is 4.90 Å². The molecule has 8 heteroatoms. The summed E-state index contributed by atoms with van der Waals surface area (Å²) in [7, 11) is 0. The van der Waals surface area contributed by atoms with Gasteiger partial charge in [-0.15, -0.1) is 23.1 Å². The van der Waals surface area contributed by atoms with Crippen molar-refractivity contribution in [2.45, 2.75) is 18.7 Å². The van der Waals surface area contributed by atoms with Crippen LogP contribution in [0.5, 0.6) is 0 Å². The number of carbonyl (C=O) groups is 3. The van der Waals surface area contributed by atoms with Gasteiger partial charge in [-0.05, 0) is 19.1 Å². The van der Waals surface area contributed by atoms with Crippen LogP contribution in [-0.2, 0) is 20.1 Å². The van der Waals surface area contributed by atoms with E-state index in [1.807, 2.05) is 12.1 Å². The number of halogens is 1. The van der Waals surface area contributed by atoms with Crippen LogP contribution >= 0.6 is 34.7 Å². The average Bonchev–Trinajstić information content (AvgIpc) is 2.79. The molecule has 1 atom stereocenters. The van der Waals surface area contributed by atoms with E-state index in [1.54, 1.807) is 6.92 Å². The fourth-order valence-electron chi connectivity index (χ4n) is 1.77. The van der Waals surface area contributed by atoms with Gasteiger partial charge in [-0.2, -0.15) is 0 Å². The lowest BCUT2D eigenvalue weighted by Crippen LogP contribution is -2.59. The summed E-state index contributed by atoms with van der Waals surface area (Å²) in [5.74, 6) is -0.138. The number of carbonyl (C=O) groups excluding carboxylic acids is 3. The predicted molar refractivity (Wildman–Crippen MR) is 79.8 cm³/mol. The monoisotopic (exact) mass is 332 g/mol. The summed E-state index contributed by atoms with van der Waals surface area (Å²) < 4.78 is 0.721. The van der Waals surface area contributed by atoms with Crippen LogP contribution in [0.1, 0.15) is 11.8 Å². The van der Waals surface area contributed by atoms with E-state index in [0.717, 1.165) is 9.21 Å². The van der Waals surface area contributed by atoms with Crippen LogP contribution in [-0.4, -0.2) is 41.0 Å². The second-order valence-corrected chi connectivity index (χ2v) is 7.09. The van der Waals surface area contributed by atoms with Gasteiger partial charge in [0.15, 0.2) is 0 Å². The van der Waals surface area contributed by atoms with E-state index in [9.17, 15) is 14.4 Å². The van der Waals surface area contributed by atoms with Crippen molar-refractivity contribution in [1.29, 1.82) is 0 Å². The van der Waals surface area contributed by atoms with Crippen LogP contribution in [0.25, 0.3) is 0 Å². The van der Waals surface area contributed by atoms with E-state index in [-0.39, 0.29) is 18.2 Å². The second kappa shape index (κ2) is 6.60. The zero-order valence-corrected chi connectivity index (χ0v) is 13.1. The van der Waals surface area contributed by atoms with Gasteiger partial charge in [-0.1, -0.05) is 11.6 Å². The Morgan fingerprint density at radius 1 is 1.55 bits per heavy atom. The van der Waals surface area contributed by atoms with Crippen LogP contribution in [0.15, 0.2) is 12.1 Å². The number of amides is 3. The molecule has 1 aliphatic rings. The molecule has 5 nitrogen and oxygen atoms in total. The fraction of sp³-hybridized carbons (Fsp3) is 0.417. The summed E-state index contributed by atoms with van der Waals surface area (Å²) in [6, 6.07) is 3.14. The van der Waals surface area contributed by atoms with Crippen molar-refractivity contribution in [2.75, 3.05) is 12.3 Å². The van der Waals surface area contributed by atoms with Gasteiger partial charge in [0.25, 0.3) is 0 Å². The number of nitrogens with one attached hydrogen (secondary N) is 1. The summed E-state index contributed by atoms with van der Waals surface area (Å²) >= 11 is 8.75. The standard InChI is InChI=1S/C12H13ClN2O3S2/c1-7-12(18)14-10(16)4-15(7)11(17)6-19-5-8-2-3-9(13)20-8/h2-3,7H,4-6H2,1H3,(H,14,16,18). The van der Waals surface area contributed by atoms with Gasteiger partial charge in [0.2, 0.25) is 17.7 Å². The largest absolute Gasteiger partial charge is 0.321 e. The zero-order valence-electron chi connectivity index (χ0n) is 10.7. The van der Waals surface area contributed by atoms with Gasteiger partial charge in [0.1, 0.15) is 12.6 Å². The first-order valence-electron chi connectivity index (χ1n) is 5.92. The molecule has 3 amide bonds. The van der Waals surface area contributed by atoms with Crippen LogP contribution in [0.2, 0.25) is 4.34 Å². The summed E-state index contributed by atoms with van der Waals surface area (Å²) in [5.41, 5.74) is 0. The molecular formula is C12H13ClN2O3S2. The molecule has 1 fully saturated rings. The van der Waals surface area contributed by atoms with E-state index in [1.165, 1.54) is 28.0 Å². The molecule has 1 saturated heterocycles. The van der Waals surface area contributed by atoms with Crippen molar-refractivity contribution in [2.24, 2.45) is 0 Å². The maximum absolute atomic E-state index is 12.0. The molecule has 1 unspecified atom stereocenters. The van der Waals surface area contributed by atoms with Crippen molar-refractivity contribution in [3.05, 3.63) is 21.3 Å². The molecule has 2 heterocycles. The molecule has 20 heavy (non-hydrogen) atoms. The highest BCUT2D eigenvalue weighted by molar-refractivity contribution is 7.99. The van der Waals surface area contributed by atoms with Crippen molar-refractivity contribution in [1.82, 2.24) is 10.2 Å². The first kappa shape index (κ1) is 15.3. The predicted octanol–water partition coefficient (Wildman–Crippen LogP) is 1.51. The molecule has 0 radical (unpaired) electrons. The van der Waals surface area contributed by atoms with E-state index in [0.29, 0.717) is 5.75 Å². The molecule has 0 saturated carbocycles. The summed E-state index contributed by atoms with van der Waals surface area (Å²) in [6.07, 6.45) is 0. The first-order chi connectivity index (χ1) is 9.47. The number of rotatable bonds is 4. The summed E-state index contributed by atoms with van der Waals surface area (Å²) in [4.78, 5) is 37.2. The van der Waals surface area contributed by atoms with Gasteiger partial charge in [-0.3, -0.25) is 19.7 Å². The number of hydrogen-bond acceptors (Lipinski definition) is 5. The van der Waals surface area contributed by atoms with Crippen molar-refractivity contribution >= 4 is 52.4 Å². The number of thioether (sulfide) groups is 1. The number of imide groups is 1. The third kappa shape index (κ3) is 3.74. The lowest BCUT2D eigenvalue weighted by Gasteiger charge is -2.31. The zero-order chi connectivity index (χ0) is 14.7. The van der Waals surface area contributed by atoms with Crippen LogP contribution < -0.4 is 5.32 Å². The molecule has 0 bridgehead atoms. The summed E-state index contributed by atoms with van der Waals surface area (Å²) in [5, 5.41) is 2.21. The highest BCUT2D eigenvalue weighted by Crippen LogP contribution is 2.25. The number of hydrogen-bond donors (Lipinski definition) is 1. The van der Waals surface area contributed by atoms with Gasteiger partial charge in [0, 0.05) is 10.6 Å². The molecular weight excluding hydrogens is 320 g/mol. The lowest BCUT2D eigenvalue weighted by molar-refractivity contribution is -0.148. The Bertz CT molecular complexity index is 547. The van der Waals surface area contributed by atoms with Crippen LogP contribution in [0.3, 0.4) is 0 Å². The number of nitrogens with zero attached hydrogens (tertiary/aromatic N) is 1. The van der Waals surface area contributed by atoms with E-state index in [4.69, 9.17) is 11.6 Å². The molecule has 1 aliphatic heterocycles. The molecule has 1 N–H and O–H groups in total. The molecule has 2 rings (SSSR count). The molecule has 1 aromatic rings. The summed E-state index contributed by atoms with van der Waals surface area (Å²) in [6.45, 7) is 1.56. The third-order valence-corrected chi connectivity index (χ3v) is 5.22. The quantitative estimate of drug-likeness (QED) is 0.849. The number of piperazine rings is 1. The van der Waals surface area contributed by atoms with Crippen molar-refractivity contribution < 1.29 is 14.4 Å². The Labute approximate surface area is 129 Å². The van der Waals surface area contributed by atoms with Gasteiger partial charge >= 0.3 is 0 Å². The van der Waals surface area contributed by atoms with Crippen LogP contribution in [0.4, 0.5) is 0 Å². The minimum absolute atomic E-state index is 0.0584. The van der Waals surface area contributed by atoms with E-state index in [2.05, 4.69) is 5.32 Å². The van der Waals surface area contributed by atoms with E-state index < -0.39 is 17.9 Å². The maximum atomic E-state index is 12.0. The SMILES string of the molecule is CC1C(=O)NC(=O)CN1C(=O)CSCc1ccc(Cl)s1. The van der Waals surface area contributed by atoms with Crippen molar-refractivity contribution in [3.63, 3.8) is 0 Å². The average molecular weight is 333 g/mol. The van der Waals surface area contributed by atoms with Gasteiger partial charge in [-0.25, -0.2) is 0 Å². The Morgan fingerprint density at radius 3 is 2.95 bits per heavy atom. The molecule has 0 aromatic carbocycles. The van der Waals surface area contributed by atoms with Crippen molar-refractivity contribution in [3.8, 4) is 0 Å². The smallest absolute Gasteiger partial charge is 0.249 e. The fourth-order valence-corrected chi connectivity index (χ4v) is 3.88. The van der Waals surface area contributed by atoms with E-state index >= 15 is 0 Å². The minimum atomic E-state index is -0.600. The third-order valence-electron chi connectivity index (χ3n) is 2.84. The lowest BCUT2D eigenvalue weighted by atomic mass is 10.2. The highest BCUT2D eigenvalue weighted by atomic mass is 35.5. The first-order valence-corrected chi connectivity index (χ1v) is 8.27. The Hall–Kier alpha value is -1.05. The topological polar surface area (TPSA) is 66.5 Å². The Morgan fingerprint density at radius 2 is 2.30 bits per heavy atom. The second-order valence-electron chi connectivity index (χ2n) is 4.31.